The molecule has 2 aromatic rings. The van der Waals surface area contributed by atoms with E-state index in [1.165, 1.54) is 11.8 Å². The van der Waals surface area contributed by atoms with Gasteiger partial charge in [0.15, 0.2) is 5.13 Å². The summed E-state index contributed by atoms with van der Waals surface area (Å²) < 4.78 is 0. The number of para-hydroxylation sites is 1. The van der Waals surface area contributed by atoms with Crippen molar-refractivity contribution in [1.82, 2.24) is 4.98 Å². The van der Waals surface area contributed by atoms with Crippen LogP contribution in [0.1, 0.15) is 27.7 Å². The van der Waals surface area contributed by atoms with Crippen LogP contribution in [0.25, 0.3) is 0 Å². The lowest BCUT2D eigenvalue weighted by molar-refractivity contribution is 0.0702. The van der Waals surface area contributed by atoms with Gasteiger partial charge in [-0.15, -0.1) is 0 Å². The molecule has 0 saturated carbocycles. The zero-order valence-corrected chi connectivity index (χ0v) is 11.0. The number of hydrogen-bond acceptors (Lipinski definition) is 4. The average molecular weight is 262 g/mol. The first-order valence-electron chi connectivity index (χ1n) is 5.66. The number of hydrogen-bond donors (Lipinski definition) is 2. The first kappa shape index (κ1) is 12.6. The summed E-state index contributed by atoms with van der Waals surface area (Å²) in [5.74, 6) is -0.943. The molecule has 94 valence electrons. The van der Waals surface area contributed by atoms with Crippen LogP contribution in [0.15, 0.2) is 24.4 Å². The topological polar surface area (TPSA) is 62.2 Å². The predicted molar refractivity (Wildman–Crippen MR) is 72.9 cm³/mol. The van der Waals surface area contributed by atoms with Gasteiger partial charge in [0, 0.05) is 5.69 Å². The van der Waals surface area contributed by atoms with Crippen LogP contribution in [0.2, 0.25) is 0 Å². The Hall–Kier alpha value is -1.88. The summed E-state index contributed by atoms with van der Waals surface area (Å²) in [6, 6.07) is 6.10. The zero-order valence-electron chi connectivity index (χ0n) is 10.2. The maximum atomic E-state index is 10.8. The molecule has 0 radical (unpaired) electrons. The van der Waals surface area contributed by atoms with Crippen molar-refractivity contribution in [3.05, 3.63) is 40.4 Å². The second kappa shape index (κ2) is 5.18. The minimum atomic E-state index is -0.943. The van der Waals surface area contributed by atoms with Gasteiger partial charge in [0.25, 0.3) is 0 Å². The van der Waals surface area contributed by atoms with Crippen molar-refractivity contribution in [2.24, 2.45) is 0 Å². The quantitative estimate of drug-likeness (QED) is 0.885. The standard InChI is InChI=1S/C13H14N2O2S/c1-3-9-6-4-5-8(2)11(9)15-13-14-7-10(18-13)12(16)17/h4-7H,3H2,1-2H3,(H,14,15)(H,16,17). The van der Waals surface area contributed by atoms with Crippen LogP contribution in [-0.2, 0) is 6.42 Å². The molecule has 2 rings (SSSR count). The zero-order chi connectivity index (χ0) is 13.1. The van der Waals surface area contributed by atoms with Crippen LogP contribution in [0.5, 0.6) is 0 Å². The fourth-order valence-corrected chi connectivity index (χ4v) is 2.40. The molecule has 5 heteroatoms. The van der Waals surface area contributed by atoms with Crippen LogP contribution in [0, 0.1) is 6.92 Å². The highest BCUT2D eigenvalue weighted by atomic mass is 32.1. The van der Waals surface area contributed by atoms with Gasteiger partial charge >= 0.3 is 5.97 Å². The van der Waals surface area contributed by atoms with Gasteiger partial charge in [-0.05, 0) is 24.5 Å². The molecule has 18 heavy (non-hydrogen) atoms. The van der Waals surface area contributed by atoms with Gasteiger partial charge in [0.2, 0.25) is 0 Å². The lowest BCUT2D eigenvalue weighted by Gasteiger charge is -2.11. The molecule has 1 heterocycles. The highest BCUT2D eigenvalue weighted by Crippen LogP contribution is 2.27. The third-order valence-corrected chi connectivity index (χ3v) is 3.59. The molecule has 2 N–H and O–H groups in total. The van der Waals surface area contributed by atoms with E-state index in [4.69, 9.17) is 5.11 Å². The average Bonchev–Trinajstić information content (AvgIpc) is 2.80. The first-order valence-corrected chi connectivity index (χ1v) is 6.48. The third kappa shape index (κ3) is 2.51. The first-order chi connectivity index (χ1) is 8.61. The number of carboxylic acid groups (broad SMARTS) is 1. The van der Waals surface area contributed by atoms with Gasteiger partial charge in [-0.3, -0.25) is 0 Å². The van der Waals surface area contributed by atoms with Crippen molar-refractivity contribution in [2.45, 2.75) is 20.3 Å². The van der Waals surface area contributed by atoms with E-state index in [0.717, 1.165) is 29.0 Å². The molecule has 4 nitrogen and oxygen atoms in total. The third-order valence-electron chi connectivity index (χ3n) is 2.69. The Kier molecular flexibility index (Phi) is 3.62. The second-order valence-corrected chi connectivity index (χ2v) is 4.95. The molecule has 0 atom stereocenters. The number of aryl methyl sites for hydroxylation is 2. The molecule has 0 amide bonds. The Bertz CT molecular complexity index is 578. The molecular formula is C13H14N2O2S. The summed E-state index contributed by atoms with van der Waals surface area (Å²) in [5, 5.41) is 12.7. The molecule has 0 bridgehead atoms. The van der Waals surface area contributed by atoms with E-state index in [-0.39, 0.29) is 4.88 Å². The smallest absolute Gasteiger partial charge is 0.347 e. The largest absolute Gasteiger partial charge is 0.477 e. The number of carbonyl (C=O) groups is 1. The van der Waals surface area contributed by atoms with Crippen molar-refractivity contribution in [3.8, 4) is 0 Å². The molecule has 0 unspecified atom stereocenters. The number of rotatable bonds is 4. The van der Waals surface area contributed by atoms with E-state index in [1.807, 2.05) is 19.1 Å². The SMILES string of the molecule is CCc1cccc(C)c1Nc1ncc(C(=O)O)s1. The molecule has 0 spiro atoms. The van der Waals surface area contributed by atoms with Gasteiger partial charge in [-0.2, -0.15) is 0 Å². The van der Waals surface area contributed by atoms with Gasteiger partial charge in [-0.1, -0.05) is 36.5 Å². The van der Waals surface area contributed by atoms with Crippen LogP contribution in [0.4, 0.5) is 10.8 Å². The Morgan fingerprint density at radius 1 is 1.50 bits per heavy atom. The van der Waals surface area contributed by atoms with Crippen LogP contribution < -0.4 is 5.32 Å². The number of anilines is 2. The van der Waals surface area contributed by atoms with Crippen molar-refractivity contribution in [2.75, 3.05) is 5.32 Å². The Morgan fingerprint density at radius 2 is 2.28 bits per heavy atom. The number of carboxylic acids is 1. The Balaban J connectivity index is 2.30. The molecule has 1 aromatic heterocycles. The number of nitrogens with one attached hydrogen (secondary N) is 1. The van der Waals surface area contributed by atoms with Crippen molar-refractivity contribution < 1.29 is 9.90 Å². The molecule has 0 fully saturated rings. The molecular weight excluding hydrogens is 248 g/mol. The summed E-state index contributed by atoms with van der Waals surface area (Å²) in [6.45, 7) is 4.11. The number of benzene rings is 1. The Labute approximate surface area is 109 Å². The van der Waals surface area contributed by atoms with Gasteiger partial charge in [0.1, 0.15) is 4.88 Å². The van der Waals surface area contributed by atoms with E-state index in [2.05, 4.69) is 23.3 Å². The van der Waals surface area contributed by atoms with Crippen molar-refractivity contribution in [1.29, 1.82) is 0 Å². The minimum absolute atomic E-state index is 0.240. The summed E-state index contributed by atoms with van der Waals surface area (Å²) in [4.78, 5) is 15.1. The van der Waals surface area contributed by atoms with E-state index in [1.54, 1.807) is 0 Å². The molecule has 0 saturated heterocycles. The fraction of sp³-hybridized carbons (Fsp3) is 0.231. The van der Waals surface area contributed by atoms with E-state index < -0.39 is 5.97 Å². The summed E-state index contributed by atoms with van der Waals surface area (Å²) in [6.07, 6.45) is 2.29. The number of aromatic carboxylic acids is 1. The summed E-state index contributed by atoms with van der Waals surface area (Å²) >= 11 is 1.14. The highest BCUT2D eigenvalue weighted by Gasteiger charge is 2.10. The predicted octanol–water partition coefficient (Wildman–Crippen LogP) is 3.46. The minimum Gasteiger partial charge on any atom is -0.477 e. The fourth-order valence-electron chi connectivity index (χ4n) is 1.74. The summed E-state index contributed by atoms with van der Waals surface area (Å²) in [7, 11) is 0. The van der Waals surface area contributed by atoms with Crippen molar-refractivity contribution in [3.63, 3.8) is 0 Å². The Morgan fingerprint density at radius 3 is 2.89 bits per heavy atom. The number of thiazole rings is 1. The normalized spacial score (nSPS) is 10.3. The number of nitrogens with zero attached hydrogens (tertiary/aromatic N) is 1. The maximum Gasteiger partial charge on any atom is 0.347 e. The monoisotopic (exact) mass is 262 g/mol. The van der Waals surface area contributed by atoms with Gasteiger partial charge in [-0.25, -0.2) is 9.78 Å². The van der Waals surface area contributed by atoms with E-state index >= 15 is 0 Å². The molecule has 0 aliphatic heterocycles. The molecule has 1 aromatic carbocycles. The number of aromatic nitrogens is 1. The van der Waals surface area contributed by atoms with Crippen LogP contribution in [-0.4, -0.2) is 16.1 Å². The van der Waals surface area contributed by atoms with E-state index in [9.17, 15) is 4.79 Å². The highest BCUT2D eigenvalue weighted by molar-refractivity contribution is 7.17. The van der Waals surface area contributed by atoms with Crippen LogP contribution >= 0.6 is 11.3 Å². The lowest BCUT2D eigenvalue weighted by atomic mass is 10.1. The second-order valence-electron chi connectivity index (χ2n) is 3.92. The lowest BCUT2D eigenvalue weighted by Crippen LogP contribution is -1.97. The van der Waals surface area contributed by atoms with Gasteiger partial charge in [0.05, 0.1) is 6.20 Å². The van der Waals surface area contributed by atoms with Crippen LogP contribution in [0.3, 0.4) is 0 Å². The molecule has 0 aliphatic carbocycles. The maximum absolute atomic E-state index is 10.8. The molecule has 0 aliphatic rings. The van der Waals surface area contributed by atoms with Gasteiger partial charge < -0.3 is 10.4 Å². The van der Waals surface area contributed by atoms with Crippen molar-refractivity contribution >= 4 is 28.1 Å². The van der Waals surface area contributed by atoms with E-state index in [0.29, 0.717) is 5.13 Å². The summed E-state index contributed by atoms with van der Waals surface area (Å²) in [5.41, 5.74) is 3.34.